The second kappa shape index (κ2) is 9.99. The first kappa shape index (κ1) is 24.4. The number of ether oxygens (including phenoxy) is 3. The van der Waals surface area contributed by atoms with Gasteiger partial charge in [-0.15, -0.1) is 11.3 Å². The summed E-state index contributed by atoms with van der Waals surface area (Å²) in [6.07, 6.45) is 0.0214. The molecule has 1 amide bonds. The molecule has 13 heteroatoms. The fourth-order valence-corrected chi connectivity index (χ4v) is 4.78. The number of carbonyl (C=O) groups is 2. The number of nitrogens with one attached hydrogen (secondary N) is 2. The molecule has 0 bridgehead atoms. The number of halogens is 1. The van der Waals surface area contributed by atoms with Gasteiger partial charge in [0.25, 0.3) is 0 Å². The Morgan fingerprint density at radius 3 is 2.86 bits per heavy atom. The molecule has 0 fully saturated rings. The van der Waals surface area contributed by atoms with Crippen LogP contribution in [0.15, 0.2) is 52.6 Å². The van der Waals surface area contributed by atoms with Gasteiger partial charge < -0.3 is 29.6 Å². The van der Waals surface area contributed by atoms with E-state index in [9.17, 15) is 19.5 Å². The lowest BCUT2D eigenvalue weighted by Gasteiger charge is -2.18. The number of imidazole rings is 1. The fraction of sp³-hybridized carbons (Fsp3) is 0.167. The third-order valence-corrected chi connectivity index (χ3v) is 6.62. The van der Waals surface area contributed by atoms with E-state index in [1.54, 1.807) is 42.5 Å². The minimum Gasteiger partial charge on any atom is -0.493 e. The summed E-state index contributed by atoms with van der Waals surface area (Å²) in [5.41, 5.74) is 0.540. The first-order valence-electron chi connectivity index (χ1n) is 10.9. The second-order valence-corrected chi connectivity index (χ2v) is 9.23. The van der Waals surface area contributed by atoms with E-state index in [1.165, 1.54) is 12.5 Å². The Hall–Kier alpha value is -4.29. The molecule has 2 aromatic heterocycles. The van der Waals surface area contributed by atoms with Crippen molar-refractivity contribution in [2.45, 2.75) is 12.5 Å². The van der Waals surface area contributed by atoms with Crippen LogP contribution in [0.1, 0.15) is 22.1 Å². The molecule has 1 aliphatic heterocycles. The van der Waals surface area contributed by atoms with Gasteiger partial charge in [-0.25, -0.2) is 19.1 Å². The van der Waals surface area contributed by atoms with Crippen LogP contribution in [-0.2, 0) is 16.0 Å². The van der Waals surface area contributed by atoms with Crippen LogP contribution in [0.25, 0.3) is 11.3 Å². The number of aromatic amines is 1. The first-order valence-corrected chi connectivity index (χ1v) is 12.1. The molecule has 3 heterocycles. The van der Waals surface area contributed by atoms with E-state index in [0.29, 0.717) is 27.6 Å². The maximum atomic E-state index is 13.4. The molecule has 0 saturated carbocycles. The van der Waals surface area contributed by atoms with Crippen molar-refractivity contribution in [2.75, 3.05) is 19.2 Å². The molecule has 11 nitrogen and oxygen atoms in total. The molecule has 0 unspecified atom stereocenters. The minimum absolute atomic E-state index is 0.0214. The Kier molecular flexibility index (Phi) is 6.59. The SMILES string of the molecule is COC(=O)c1csc(NC(=O)[C@H](Cc2cccc(Cl)c2)n2c(O)c(-c3ccc4c(c3)OCO4)[nH]c2=O)n1. The molecule has 0 aliphatic carbocycles. The van der Waals surface area contributed by atoms with Gasteiger partial charge in [0.2, 0.25) is 18.6 Å². The van der Waals surface area contributed by atoms with Gasteiger partial charge in [-0.1, -0.05) is 23.7 Å². The van der Waals surface area contributed by atoms with Crippen molar-refractivity contribution < 1.29 is 28.9 Å². The average molecular weight is 543 g/mol. The zero-order chi connectivity index (χ0) is 26.1. The number of hydrogen-bond donors (Lipinski definition) is 3. The van der Waals surface area contributed by atoms with E-state index >= 15 is 0 Å². The molecule has 1 aliphatic rings. The van der Waals surface area contributed by atoms with Crippen molar-refractivity contribution in [1.82, 2.24) is 14.5 Å². The van der Waals surface area contributed by atoms with Crippen LogP contribution in [0.3, 0.4) is 0 Å². The minimum atomic E-state index is -1.20. The molecule has 2 aromatic carbocycles. The number of H-pyrrole nitrogens is 1. The molecular weight excluding hydrogens is 524 g/mol. The largest absolute Gasteiger partial charge is 0.493 e. The summed E-state index contributed by atoms with van der Waals surface area (Å²) in [6, 6.07) is 10.5. The summed E-state index contributed by atoms with van der Waals surface area (Å²) in [4.78, 5) is 44.9. The molecular formula is C24H19ClN4O7S. The number of aromatic nitrogens is 3. The molecule has 0 spiro atoms. The summed E-state index contributed by atoms with van der Waals surface area (Å²) in [6.45, 7) is 0.0681. The summed E-state index contributed by atoms with van der Waals surface area (Å²) in [5.74, 6) is -0.734. The Labute approximate surface area is 218 Å². The number of benzene rings is 2. The van der Waals surface area contributed by atoms with E-state index in [-0.39, 0.29) is 29.7 Å². The van der Waals surface area contributed by atoms with E-state index < -0.39 is 29.5 Å². The van der Waals surface area contributed by atoms with Gasteiger partial charge in [0.1, 0.15) is 11.7 Å². The Bertz CT molecular complexity index is 1560. The molecule has 4 aromatic rings. The van der Waals surface area contributed by atoms with Crippen LogP contribution in [0.5, 0.6) is 17.4 Å². The van der Waals surface area contributed by atoms with Gasteiger partial charge in [0.15, 0.2) is 22.3 Å². The molecule has 3 N–H and O–H groups in total. The van der Waals surface area contributed by atoms with E-state index in [1.807, 2.05) is 0 Å². The van der Waals surface area contributed by atoms with E-state index in [0.717, 1.165) is 15.9 Å². The van der Waals surface area contributed by atoms with Crippen LogP contribution in [-0.4, -0.2) is 45.4 Å². The van der Waals surface area contributed by atoms with Crippen molar-refractivity contribution in [3.8, 4) is 28.6 Å². The Morgan fingerprint density at radius 2 is 2.08 bits per heavy atom. The topological polar surface area (TPSA) is 145 Å². The number of esters is 1. The predicted molar refractivity (Wildman–Crippen MR) is 135 cm³/mol. The Morgan fingerprint density at radius 1 is 1.27 bits per heavy atom. The number of anilines is 1. The van der Waals surface area contributed by atoms with Crippen molar-refractivity contribution in [3.05, 3.63) is 74.6 Å². The standard InChI is InChI=1S/C24H19ClN4O7S/c1-34-22(32)15-10-37-23(26-15)28-20(30)16(8-12-3-2-4-14(25)7-12)29-21(31)19(27-24(29)33)13-5-6-17-18(9-13)36-11-35-17/h2-7,9-10,16,31H,8,11H2,1H3,(H,27,33)(H,26,28,30)/t16-/m0/s1. The smallest absolute Gasteiger partial charge is 0.357 e. The highest BCUT2D eigenvalue weighted by Gasteiger charge is 2.29. The molecule has 0 saturated heterocycles. The van der Waals surface area contributed by atoms with Crippen LogP contribution in [0.2, 0.25) is 5.02 Å². The number of fused-ring (bicyclic) bond motifs is 1. The third kappa shape index (κ3) is 4.88. The highest BCUT2D eigenvalue weighted by atomic mass is 35.5. The number of thiazole rings is 1. The van der Waals surface area contributed by atoms with Gasteiger partial charge in [-0.05, 0) is 35.9 Å². The number of aromatic hydroxyl groups is 1. The normalized spacial score (nSPS) is 12.8. The van der Waals surface area contributed by atoms with Crippen molar-refractivity contribution in [1.29, 1.82) is 0 Å². The van der Waals surface area contributed by atoms with Gasteiger partial charge in [-0.3, -0.25) is 4.79 Å². The molecule has 37 heavy (non-hydrogen) atoms. The highest BCUT2D eigenvalue weighted by Crippen LogP contribution is 2.38. The van der Waals surface area contributed by atoms with Gasteiger partial charge in [0, 0.05) is 22.4 Å². The molecule has 1 atom stereocenters. The monoisotopic (exact) mass is 542 g/mol. The van der Waals surface area contributed by atoms with Crippen LogP contribution >= 0.6 is 22.9 Å². The predicted octanol–water partition coefficient (Wildman–Crippen LogP) is 3.60. The average Bonchev–Trinajstić information content (AvgIpc) is 3.61. The third-order valence-electron chi connectivity index (χ3n) is 5.63. The lowest BCUT2D eigenvalue weighted by Crippen LogP contribution is -2.33. The first-order chi connectivity index (χ1) is 17.8. The van der Waals surface area contributed by atoms with Gasteiger partial charge >= 0.3 is 11.7 Å². The number of hydrogen-bond acceptors (Lipinski definition) is 9. The van der Waals surface area contributed by atoms with Crippen molar-refractivity contribution >= 4 is 39.9 Å². The van der Waals surface area contributed by atoms with Crippen LogP contribution < -0.4 is 20.5 Å². The number of rotatable bonds is 7. The van der Waals surface area contributed by atoms with E-state index in [2.05, 4.69) is 20.0 Å². The van der Waals surface area contributed by atoms with Gasteiger partial charge in [0.05, 0.1) is 7.11 Å². The van der Waals surface area contributed by atoms with Crippen molar-refractivity contribution in [2.24, 2.45) is 0 Å². The Balaban J connectivity index is 1.52. The number of nitrogens with zero attached hydrogens (tertiary/aromatic N) is 2. The lowest BCUT2D eigenvalue weighted by molar-refractivity contribution is -0.119. The quantitative estimate of drug-likeness (QED) is 0.300. The van der Waals surface area contributed by atoms with Gasteiger partial charge in [-0.2, -0.15) is 0 Å². The fourth-order valence-electron chi connectivity index (χ4n) is 3.89. The van der Waals surface area contributed by atoms with Crippen LogP contribution in [0.4, 0.5) is 5.13 Å². The molecule has 0 radical (unpaired) electrons. The summed E-state index contributed by atoms with van der Waals surface area (Å²) in [5, 5.41) is 15.7. The zero-order valence-electron chi connectivity index (χ0n) is 19.2. The van der Waals surface area contributed by atoms with E-state index in [4.69, 9.17) is 21.1 Å². The molecule has 190 valence electrons. The second-order valence-electron chi connectivity index (χ2n) is 7.94. The van der Waals surface area contributed by atoms with Crippen molar-refractivity contribution in [3.63, 3.8) is 0 Å². The maximum Gasteiger partial charge on any atom is 0.357 e. The summed E-state index contributed by atoms with van der Waals surface area (Å²) in [7, 11) is 1.22. The van der Waals surface area contributed by atoms with Crippen LogP contribution in [0, 0.1) is 0 Å². The number of methoxy groups -OCH3 is 1. The zero-order valence-corrected chi connectivity index (χ0v) is 20.8. The highest BCUT2D eigenvalue weighted by molar-refractivity contribution is 7.14. The maximum absolute atomic E-state index is 13.4. The number of amides is 1. The number of carbonyl (C=O) groups excluding carboxylic acids is 2. The summed E-state index contributed by atoms with van der Waals surface area (Å²) >= 11 is 7.14. The molecule has 5 rings (SSSR count). The summed E-state index contributed by atoms with van der Waals surface area (Å²) < 4.78 is 16.3. The lowest BCUT2D eigenvalue weighted by atomic mass is 10.0.